The topological polar surface area (TPSA) is 84.9 Å². The van der Waals surface area contributed by atoms with E-state index >= 15 is 0 Å². The maximum absolute atomic E-state index is 10.8. The van der Waals surface area contributed by atoms with Crippen LogP contribution < -0.4 is 10.1 Å². The molecule has 1 rings (SSSR count). The Morgan fingerprint density at radius 2 is 1.94 bits per heavy atom. The predicted octanol–water partition coefficient (Wildman–Crippen LogP) is 0.526. The van der Waals surface area contributed by atoms with Gasteiger partial charge in [-0.15, -0.1) is 0 Å². The molecule has 0 aliphatic heterocycles. The number of carboxylic acids is 1. The first-order valence-electron chi connectivity index (χ1n) is 5.37. The third-order valence-corrected chi connectivity index (χ3v) is 2.15. The minimum absolute atomic E-state index is 0.137. The molecule has 0 fully saturated rings. The Hall–Kier alpha value is -2.08. The van der Waals surface area contributed by atoms with E-state index in [1.807, 2.05) is 0 Å². The van der Waals surface area contributed by atoms with E-state index in [0.717, 1.165) is 0 Å². The summed E-state index contributed by atoms with van der Waals surface area (Å²) in [6, 6.07) is 6.12. The fraction of sp³-hybridized carbons (Fsp3) is 0.333. The molecule has 0 amide bonds. The molecule has 6 nitrogen and oxygen atoms in total. The van der Waals surface area contributed by atoms with Gasteiger partial charge in [0, 0.05) is 6.54 Å². The lowest BCUT2D eigenvalue weighted by Gasteiger charge is -2.07. The summed E-state index contributed by atoms with van der Waals surface area (Å²) in [5, 5.41) is 11.5. The molecule has 0 saturated heterocycles. The van der Waals surface area contributed by atoms with Crippen molar-refractivity contribution in [3.8, 4) is 5.75 Å². The van der Waals surface area contributed by atoms with E-state index in [2.05, 4.69) is 10.1 Å². The predicted molar refractivity (Wildman–Crippen MR) is 63.8 cm³/mol. The van der Waals surface area contributed by atoms with E-state index in [0.29, 0.717) is 18.9 Å². The quantitative estimate of drug-likeness (QED) is 0.544. The van der Waals surface area contributed by atoms with Gasteiger partial charge in [-0.2, -0.15) is 0 Å². The molecule has 0 heterocycles. The van der Waals surface area contributed by atoms with Crippen LogP contribution in [-0.4, -0.2) is 43.9 Å². The maximum Gasteiger partial charge on any atom is 0.335 e. The first-order valence-corrected chi connectivity index (χ1v) is 5.37. The van der Waals surface area contributed by atoms with Gasteiger partial charge in [0.2, 0.25) is 0 Å². The normalized spacial score (nSPS) is 9.83. The summed E-state index contributed by atoms with van der Waals surface area (Å²) in [6.07, 6.45) is 0. The van der Waals surface area contributed by atoms with Crippen molar-refractivity contribution < 1.29 is 24.2 Å². The lowest BCUT2D eigenvalue weighted by atomic mass is 10.2. The summed E-state index contributed by atoms with van der Waals surface area (Å²) < 4.78 is 9.80. The third-order valence-electron chi connectivity index (χ3n) is 2.15. The first kappa shape index (κ1) is 14.0. The van der Waals surface area contributed by atoms with Crippen molar-refractivity contribution in [1.82, 2.24) is 5.32 Å². The maximum atomic E-state index is 10.8. The number of esters is 1. The van der Waals surface area contributed by atoms with Crippen LogP contribution in [0.25, 0.3) is 0 Å². The number of aromatic carboxylic acids is 1. The number of hydrogen-bond acceptors (Lipinski definition) is 5. The average molecular weight is 253 g/mol. The fourth-order valence-corrected chi connectivity index (χ4v) is 1.20. The van der Waals surface area contributed by atoms with Gasteiger partial charge in [-0.3, -0.25) is 4.79 Å². The molecule has 0 atom stereocenters. The smallest absolute Gasteiger partial charge is 0.335 e. The number of rotatable bonds is 7. The van der Waals surface area contributed by atoms with Crippen LogP contribution >= 0.6 is 0 Å². The van der Waals surface area contributed by atoms with Crippen molar-refractivity contribution in [1.29, 1.82) is 0 Å². The second-order valence-corrected chi connectivity index (χ2v) is 3.43. The highest BCUT2D eigenvalue weighted by molar-refractivity contribution is 5.87. The first-order chi connectivity index (χ1) is 8.63. The van der Waals surface area contributed by atoms with Crippen molar-refractivity contribution in [3.05, 3.63) is 29.8 Å². The van der Waals surface area contributed by atoms with Gasteiger partial charge in [-0.25, -0.2) is 4.79 Å². The van der Waals surface area contributed by atoms with Gasteiger partial charge < -0.3 is 19.9 Å². The van der Waals surface area contributed by atoms with Crippen LogP contribution in [0.3, 0.4) is 0 Å². The SMILES string of the molecule is COC(=O)CNCCOc1ccc(C(=O)O)cc1. The summed E-state index contributed by atoms with van der Waals surface area (Å²) in [5.41, 5.74) is 0.214. The summed E-state index contributed by atoms with van der Waals surface area (Å²) in [6.45, 7) is 1.01. The summed E-state index contributed by atoms with van der Waals surface area (Å²) in [5.74, 6) is -0.720. The van der Waals surface area contributed by atoms with Crippen LogP contribution in [0.5, 0.6) is 5.75 Å². The van der Waals surface area contributed by atoms with Gasteiger partial charge in [0.05, 0.1) is 19.2 Å². The molecule has 0 spiro atoms. The Labute approximate surface area is 105 Å². The zero-order valence-electron chi connectivity index (χ0n) is 10.0. The van der Waals surface area contributed by atoms with Crippen LogP contribution in [0.2, 0.25) is 0 Å². The van der Waals surface area contributed by atoms with E-state index in [9.17, 15) is 9.59 Å². The Kier molecular flexibility index (Phi) is 5.66. The van der Waals surface area contributed by atoms with E-state index in [-0.39, 0.29) is 18.1 Å². The Bertz CT molecular complexity index is 401. The molecule has 1 aromatic carbocycles. The van der Waals surface area contributed by atoms with E-state index in [1.54, 1.807) is 12.1 Å². The second kappa shape index (κ2) is 7.29. The van der Waals surface area contributed by atoms with E-state index in [4.69, 9.17) is 9.84 Å². The van der Waals surface area contributed by atoms with Crippen LogP contribution in [0.4, 0.5) is 0 Å². The molecule has 18 heavy (non-hydrogen) atoms. The van der Waals surface area contributed by atoms with Crippen LogP contribution in [0.1, 0.15) is 10.4 Å². The molecule has 0 radical (unpaired) electrons. The third kappa shape index (κ3) is 4.84. The number of ether oxygens (including phenoxy) is 2. The number of hydrogen-bond donors (Lipinski definition) is 2. The summed E-state index contributed by atoms with van der Waals surface area (Å²) in [4.78, 5) is 21.4. The van der Waals surface area contributed by atoms with Gasteiger partial charge in [0.1, 0.15) is 12.4 Å². The number of nitrogens with one attached hydrogen (secondary N) is 1. The molecule has 0 bridgehead atoms. The second-order valence-electron chi connectivity index (χ2n) is 3.43. The summed E-state index contributed by atoms with van der Waals surface area (Å²) in [7, 11) is 1.32. The van der Waals surface area contributed by atoms with Gasteiger partial charge in [0.25, 0.3) is 0 Å². The number of methoxy groups -OCH3 is 1. The van der Waals surface area contributed by atoms with Crippen molar-refractivity contribution >= 4 is 11.9 Å². The minimum Gasteiger partial charge on any atom is -0.492 e. The molecule has 0 aliphatic rings. The van der Waals surface area contributed by atoms with Crippen LogP contribution in [0.15, 0.2) is 24.3 Å². The number of benzene rings is 1. The highest BCUT2D eigenvalue weighted by Gasteiger charge is 2.02. The molecule has 2 N–H and O–H groups in total. The molecule has 6 heteroatoms. The van der Waals surface area contributed by atoms with Gasteiger partial charge in [-0.05, 0) is 24.3 Å². The minimum atomic E-state index is -0.971. The molecule has 98 valence electrons. The van der Waals surface area contributed by atoms with Crippen molar-refractivity contribution in [2.24, 2.45) is 0 Å². The largest absolute Gasteiger partial charge is 0.492 e. The highest BCUT2D eigenvalue weighted by Crippen LogP contribution is 2.11. The Balaban J connectivity index is 2.23. The fourth-order valence-electron chi connectivity index (χ4n) is 1.20. The number of carboxylic acid groups (broad SMARTS) is 1. The van der Waals surface area contributed by atoms with Crippen LogP contribution in [-0.2, 0) is 9.53 Å². The summed E-state index contributed by atoms with van der Waals surface area (Å²) >= 11 is 0. The number of carbonyl (C=O) groups is 2. The lowest BCUT2D eigenvalue weighted by Crippen LogP contribution is -2.27. The highest BCUT2D eigenvalue weighted by atomic mass is 16.5. The van der Waals surface area contributed by atoms with Gasteiger partial charge in [0.15, 0.2) is 0 Å². The zero-order valence-corrected chi connectivity index (χ0v) is 10.0. The molecule has 0 saturated carbocycles. The molecular weight excluding hydrogens is 238 g/mol. The monoisotopic (exact) mass is 253 g/mol. The van der Waals surface area contributed by atoms with E-state index < -0.39 is 5.97 Å². The molecule has 0 aliphatic carbocycles. The lowest BCUT2D eigenvalue weighted by molar-refractivity contribution is -0.139. The van der Waals surface area contributed by atoms with Crippen LogP contribution in [0, 0.1) is 0 Å². The van der Waals surface area contributed by atoms with Gasteiger partial charge >= 0.3 is 11.9 Å². The Morgan fingerprint density at radius 1 is 1.28 bits per heavy atom. The van der Waals surface area contributed by atoms with Crippen molar-refractivity contribution in [2.45, 2.75) is 0 Å². The van der Waals surface area contributed by atoms with Crippen molar-refractivity contribution in [3.63, 3.8) is 0 Å². The standard InChI is InChI=1S/C12H15NO5/c1-17-11(14)8-13-6-7-18-10-4-2-9(3-5-10)12(15)16/h2-5,13H,6-8H2,1H3,(H,15,16). The average Bonchev–Trinajstić information content (AvgIpc) is 2.38. The van der Waals surface area contributed by atoms with Crippen molar-refractivity contribution in [2.75, 3.05) is 26.8 Å². The molecule has 0 aromatic heterocycles. The number of carbonyl (C=O) groups excluding carboxylic acids is 1. The zero-order chi connectivity index (χ0) is 13.4. The molecule has 0 unspecified atom stereocenters. The molecular formula is C12H15NO5. The Morgan fingerprint density at radius 3 is 2.50 bits per heavy atom. The van der Waals surface area contributed by atoms with Gasteiger partial charge in [-0.1, -0.05) is 0 Å². The van der Waals surface area contributed by atoms with E-state index in [1.165, 1.54) is 19.2 Å². The molecule has 1 aromatic rings.